The van der Waals surface area contributed by atoms with Gasteiger partial charge in [-0.3, -0.25) is 9.78 Å². The molecule has 0 bridgehead atoms. The van der Waals surface area contributed by atoms with Crippen LogP contribution in [0.25, 0.3) is 10.1 Å². The Kier molecular flexibility index (Phi) is 4.17. The van der Waals surface area contributed by atoms with Crippen LogP contribution < -0.4 is 16.2 Å². The molecule has 5 N–H and O–H groups in total. The number of carbonyl (C=O) groups is 1. The number of hydrogen-bond donors (Lipinski definition) is 3. The Morgan fingerprint density at radius 1 is 1.43 bits per heavy atom. The molecule has 0 aliphatic carbocycles. The van der Waals surface area contributed by atoms with Gasteiger partial charge in [-0.15, -0.1) is 11.3 Å². The van der Waals surface area contributed by atoms with Gasteiger partial charge in [-0.25, -0.2) is 13.6 Å². The number of aryl methyl sites for hydroxylation is 2. The van der Waals surface area contributed by atoms with E-state index in [0.29, 0.717) is 10.6 Å². The second kappa shape index (κ2) is 5.58. The van der Waals surface area contributed by atoms with Crippen molar-refractivity contribution in [2.75, 3.05) is 18.0 Å². The zero-order valence-corrected chi connectivity index (χ0v) is 13.3. The second-order valence-electron chi connectivity index (χ2n) is 4.69. The topological polar surface area (TPSA) is 128 Å². The molecule has 1 amide bonds. The minimum absolute atomic E-state index is 0.0540. The molecular formula is C12H16N4O3S2. The summed E-state index contributed by atoms with van der Waals surface area (Å²) in [6.07, 6.45) is 0. The maximum atomic E-state index is 12.1. The summed E-state index contributed by atoms with van der Waals surface area (Å²) in [5.74, 6) is -0.724. The van der Waals surface area contributed by atoms with E-state index in [0.717, 1.165) is 21.5 Å². The van der Waals surface area contributed by atoms with Gasteiger partial charge in [0.1, 0.15) is 4.88 Å². The summed E-state index contributed by atoms with van der Waals surface area (Å²) in [7, 11) is -3.60. The highest BCUT2D eigenvalue weighted by Gasteiger charge is 2.18. The maximum absolute atomic E-state index is 12.1. The number of carbonyl (C=O) groups excluding carboxylic acids is 1. The lowest BCUT2D eigenvalue weighted by Crippen LogP contribution is -2.31. The normalized spacial score (nSPS) is 11.8. The third kappa shape index (κ3) is 3.49. The Balaban J connectivity index is 2.28. The van der Waals surface area contributed by atoms with Gasteiger partial charge in [0.2, 0.25) is 10.0 Å². The van der Waals surface area contributed by atoms with Crippen LogP contribution in [0.2, 0.25) is 0 Å². The molecule has 2 heterocycles. The van der Waals surface area contributed by atoms with Crippen molar-refractivity contribution in [3.05, 3.63) is 22.3 Å². The smallest absolute Gasteiger partial charge is 0.263 e. The summed E-state index contributed by atoms with van der Waals surface area (Å²) in [4.78, 5) is 16.8. The standard InChI is InChI=1S/C12H16N4O3S2/c1-6-5-8-9(7(2)16-6)10(13)11(20-8)12(17)15-3-4-21(14,18)19/h5H,3-4,13H2,1-2H3,(H,15,17)(H2,14,18,19). The number of rotatable bonds is 4. The van der Waals surface area contributed by atoms with E-state index in [2.05, 4.69) is 10.3 Å². The van der Waals surface area contributed by atoms with Crippen molar-refractivity contribution in [3.63, 3.8) is 0 Å². The third-order valence-electron chi connectivity index (χ3n) is 2.90. The van der Waals surface area contributed by atoms with E-state index in [1.807, 2.05) is 19.9 Å². The maximum Gasteiger partial charge on any atom is 0.263 e. The lowest BCUT2D eigenvalue weighted by atomic mass is 10.2. The van der Waals surface area contributed by atoms with Crippen molar-refractivity contribution in [2.24, 2.45) is 5.14 Å². The highest BCUT2D eigenvalue weighted by Crippen LogP contribution is 2.35. The summed E-state index contributed by atoms with van der Waals surface area (Å²) in [6, 6.07) is 1.87. The number of primary sulfonamides is 1. The molecule has 2 aromatic heterocycles. The number of nitrogen functional groups attached to an aromatic ring is 1. The molecule has 2 rings (SSSR count). The molecule has 0 aromatic carbocycles. The Morgan fingerprint density at radius 3 is 2.71 bits per heavy atom. The van der Waals surface area contributed by atoms with Crippen LogP contribution in [-0.4, -0.2) is 31.6 Å². The van der Waals surface area contributed by atoms with Gasteiger partial charge in [-0.2, -0.15) is 0 Å². The first-order valence-corrected chi connectivity index (χ1v) is 8.67. The molecule has 0 aliphatic heterocycles. The molecule has 0 saturated carbocycles. The summed E-state index contributed by atoms with van der Waals surface area (Å²) in [5, 5.41) is 8.15. The van der Waals surface area contributed by atoms with Gasteiger partial charge in [0.05, 0.1) is 11.4 Å². The molecule has 21 heavy (non-hydrogen) atoms. The number of fused-ring (bicyclic) bond motifs is 1. The van der Waals surface area contributed by atoms with Crippen LogP contribution in [0.5, 0.6) is 0 Å². The SMILES string of the molecule is Cc1cc2sc(C(=O)NCCS(N)(=O)=O)c(N)c2c(C)n1. The van der Waals surface area contributed by atoms with Crippen molar-refractivity contribution in [1.29, 1.82) is 0 Å². The molecule has 0 atom stereocenters. The number of sulfonamides is 1. The van der Waals surface area contributed by atoms with E-state index in [1.54, 1.807) is 0 Å². The molecule has 0 radical (unpaired) electrons. The van der Waals surface area contributed by atoms with Crippen LogP contribution in [0.15, 0.2) is 6.07 Å². The first-order valence-electron chi connectivity index (χ1n) is 6.14. The Hall–Kier alpha value is -1.71. The van der Waals surface area contributed by atoms with Crippen LogP contribution >= 0.6 is 11.3 Å². The summed E-state index contributed by atoms with van der Waals surface area (Å²) in [5.41, 5.74) is 8.00. The quantitative estimate of drug-likeness (QED) is 0.753. The number of aromatic nitrogens is 1. The average Bonchev–Trinajstić information content (AvgIpc) is 2.64. The fourth-order valence-corrected chi connectivity index (χ4v) is 3.61. The molecule has 7 nitrogen and oxygen atoms in total. The molecule has 0 spiro atoms. The fraction of sp³-hybridized carbons (Fsp3) is 0.333. The minimum atomic E-state index is -3.60. The zero-order chi connectivity index (χ0) is 15.8. The molecule has 114 valence electrons. The number of nitrogens with two attached hydrogens (primary N) is 2. The van der Waals surface area contributed by atoms with Crippen LogP contribution in [0, 0.1) is 13.8 Å². The van der Waals surface area contributed by atoms with Crippen LogP contribution in [0.3, 0.4) is 0 Å². The van der Waals surface area contributed by atoms with Gasteiger partial charge in [-0.05, 0) is 19.9 Å². The van der Waals surface area contributed by atoms with E-state index in [4.69, 9.17) is 10.9 Å². The third-order valence-corrected chi connectivity index (χ3v) is 4.82. The zero-order valence-electron chi connectivity index (χ0n) is 11.6. The van der Waals surface area contributed by atoms with Crippen molar-refractivity contribution < 1.29 is 13.2 Å². The fourth-order valence-electron chi connectivity index (χ4n) is 2.04. The monoisotopic (exact) mass is 328 g/mol. The Morgan fingerprint density at radius 2 is 2.10 bits per heavy atom. The van der Waals surface area contributed by atoms with E-state index < -0.39 is 15.9 Å². The van der Waals surface area contributed by atoms with Crippen molar-refractivity contribution >= 4 is 43.0 Å². The summed E-state index contributed by atoms with van der Waals surface area (Å²) in [6.45, 7) is 3.65. The lowest BCUT2D eigenvalue weighted by molar-refractivity contribution is 0.0961. The molecular weight excluding hydrogens is 312 g/mol. The first-order chi connectivity index (χ1) is 9.69. The largest absolute Gasteiger partial charge is 0.397 e. The number of amides is 1. The van der Waals surface area contributed by atoms with Crippen molar-refractivity contribution in [3.8, 4) is 0 Å². The Bertz CT molecular complexity index is 812. The molecule has 0 unspecified atom stereocenters. The highest BCUT2D eigenvalue weighted by molar-refractivity contribution is 7.89. The van der Waals surface area contributed by atoms with Crippen LogP contribution in [0.4, 0.5) is 5.69 Å². The predicted octanol–water partition coefficient (Wildman–Crippen LogP) is 0.514. The predicted molar refractivity (Wildman–Crippen MR) is 83.8 cm³/mol. The number of thiophene rings is 1. The van der Waals surface area contributed by atoms with Gasteiger partial charge in [-0.1, -0.05) is 0 Å². The van der Waals surface area contributed by atoms with Gasteiger partial charge >= 0.3 is 0 Å². The van der Waals surface area contributed by atoms with E-state index in [1.165, 1.54) is 11.3 Å². The first kappa shape index (κ1) is 15.7. The molecule has 0 fully saturated rings. The summed E-state index contributed by atoms with van der Waals surface area (Å²) >= 11 is 1.26. The van der Waals surface area contributed by atoms with Crippen LogP contribution in [-0.2, 0) is 10.0 Å². The van der Waals surface area contributed by atoms with Gasteiger partial charge in [0, 0.05) is 28.0 Å². The molecule has 2 aromatic rings. The molecule has 9 heteroatoms. The van der Waals surface area contributed by atoms with Crippen molar-refractivity contribution in [1.82, 2.24) is 10.3 Å². The van der Waals surface area contributed by atoms with E-state index >= 15 is 0 Å². The lowest BCUT2D eigenvalue weighted by Gasteiger charge is -2.03. The molecule has 0 aliphatic rings. The summed E-state index contributed by atoms with van der Waals surface area (Å²) < 4.78 is 22.6. The number of nitrogens with one attached hydrogen (secondary N) is 1. The number of pyridine rings is 1. The van der Waals surface area contributed by atoms with Crippen LogP contribution in [0.1, 0.15) is 21.1 Å². The number of anilines is 1. The second-order valence-corrected chi connectivity index (χ2v) is 7.48. The van der Waals surface area contributed by atoms with E-state index in [9.17, 15) is 13.2 Å². The average molecular weight is 328 g/mol. The minimum Gasteiger partial charge on any atom is -0.397 e. The van der Waals surface area contributed by atoms with E-state index in [-0.39, 0.29) is 12.3 Å². The molecule has 0 saturated heterocycles. The Labute approximate surface area is 126 Å². The highest BCUT2D eigenvalue weighted by atomic mass is 32.2. The van der Waals surface area contributed by atoms with Crippen molar-refractivity contribution in [2.45, 2.75) is 13.8 Å². The number of hydrogen-bond acceptors (Lipinski definition) is 6. The van der Waals surface area contributed by atoms with Gasteiger partial charge < -0.3 is 11.1 Å². The van der Waals surface area contributed by atoms with Gasteiger partial charge in [0.25, 0.3) is 5.91 Å². The van der Waals surface area contributed by atoms with Gasteiger partial charge in [0.15, 0.2) is 0 Å². The number of nitrogens with zero attached hydrogens (tertiary/aromatic N) is 1.